The number of methoxy groups -OCH3 is 1. The van der Waals surface area contributed by atoms with Gasteiger partial charge in [-0.1, -0.05) is 11.6 Å². The molecule has 14 heavy (non-hydrogen) atoms. The van der Waals surface area contributed by atoms with Crippen LogP contribution in [0, 0.1) is 6.92 Å². The van der Waals surface area contributed by atoms with Crippen molar-refractivity contribution in [1.82, 2.24) is 5.32 Å². The van der Waals surface area contributed by atoms with Gasteiger partial charge in [0, 0.05) is 18.7 Å². The molecule has 3 nitrogen and oxygen atoms in total. The summed E-state index contributed by atoms with van der Waals surface area (Å²) in [5, 5.41) is 13.2. The molecule has 2 rings (SSSR count). The molecule has 0 aliphatic carbocycles. The Kier molecular flexibility index (Phi) is 2.21. The third kappa shape index (κ3) is 1.38. The summed E-state index contributed by atoms with van der Waals surface area (Å²) >= 11 is 0. The molecule has 1 fully saturated rings. The molecule has 0 saturated carbocycles. The predicted molar refractivity (Wildman–Crippen MR) is 54.5 cm³/mol. The van der Waals surface area contributed by atoms with E-state index in [0.717, 1.165) is 16.9 Å². The van der Waals surface area contributed by atoms with Gasteiger partial charge < -0.3 is 15.2 Å². The molecule has 0 atom stereocenters. The Hall–Kier alpha value is -1.06. The number of hydrogen-bond donors (Lipinski definition) is 2. The van der Waals surface area contributed by atoms with Crippen molar-refractivity contribution < 1.29 is 9.84 Å². The van der Waals surface area contributed by atoms with Crippen molar-refractivity contribution in [2.75, 3.05) is 20.2 Å². The van der Waals surface area contributed by atoms with Crippen LogP contribution in [-0.4, -0.2) is 25.3 Å². The summed E-state index contributed by atoms with van der Waals surface area (Å²) in [6, 6.07) is 5.87. The van der Waals surface area contributed by atoms with E-state index in [1.54, 1.807) is 7.11 Å². The molecule has 2 N–H and O–H groups in total. The zero-order valence-corrected chi connectivity index (χ0v) is 8.50. The van der Waals surface area contributed by atoms with Crippen LogP contribution in [0.2, 0.25) is 0 Å². The lowest BCUT2D eigenvalue weighted by Gasteiger charge is -2.38. The molecular formula is C11H15NO2. The van der Waals surface area contributed by atoms with Gasteiger partial charge >= 0.3 is 0 Å². The van der Waals surface area contributed by atoms with Crippen LogP contribution in [-0.2, 0) is 5.60 Å². The third-order valence-electron chi connectivity index (χ3n) is 2.69. The van der Waals surface area contributed by atoms with E-state index in [2.05, 4.69) is 5.32 Å². The van der Waals surface area contributed by atoms with Gasteiger partial charge in [0.2, 0.25) is 0 Å². The van der Waals surface area contributed by atoms with Crippen molar-refractivity contribution in [2.45, 2.75) is 12.5 Å². The van der Waals surface area contributed by atoms with Gasteiger partial charge in [-0.3, -0.25) is 0 Å². The summed E-state index contributed by atoms with van der Waals surface area (Å²) in [6.45, 7) is 3.22. The molecule has 0 aromatic heterocycles. The normalized spacial score (nSPS) is 18.8. The highest BCUT2D eigenvalue weighted by Gasteiger charge is 2.38. The van der Waals surface area contributed by atoms with Crippen molar-refractivity contribution in [3.63, 3.8) is 0 Å². The molecule has 1 aliphatic rings. The largest absolute Gasteiger partial charge is 0.496 e. The summed E-state index contributed by atoms with van der Waals surface area (Å²) in [7, 11) is 1.63. The number of ether oxygens (including phenoxy) is 1. The average molecular weight is 193 g/mol. The van der Waals surface area contributed by atoms with E-state index in [4.69, 9.17) is 4.74 Å². The second-order valence-corrected chi connectivity index (χ2v) is 3.84. The number of aliphatic hydroxyl groups is 1. The van der Waals surface area contributed by atoms with Gasteiger partial charge in [-0.15, -0.1) is 0 Å². The smallest absolute Gasteiger partial charge is 0.125 e. The predicted octanol–water partition coefficient (Wildman–Crippen LogP) is 0.794. The minimum Gasteiger partial charge on any atom is -0.496 e. The number of nitrogens with one attached hydrogen (secondary N) is 1. The molecule has 1 saturated heterocycles. The molecule has 0 amide bonds. The van der Waals surface area contributed by atoms with Crippen LogP contribution < -0.4 is 10.1 Å². The summed E-state index contributed by atoms with van der Waals surface area (Å²) in [5.41, 5.74) is 1.29. The number of aryl methyl sites for hydroxylation is 1. The fraction of sp³-hybridized carbons (Fsp3) is 0.455. The molecule has 0 radical (unpaired) electrons. The minimum atomic E-state index is -0.739. The summed E-state index contributed by atoms with van der Waals surface area (Å²) in [4.78, 5) is 0. The highest BCUT2D eigenvalue weighted by molar-refractivity contribution is 5.42. The lowest BCUT2D eigenvalue weighted by Crippen LogP contribution is -2.56. The van der Waals surface area contributed by atoms with Crippen LogP contribution in [0.1, 0.15) is 11.1 Å². The van der Waals surface area contributed by atoms with Gasteiger partial charge in [0.1, 0.15) is 11.4 Å². The van der Waals surface area contributed by atoms with E-state index >= 15 is 0 Å². The molecular weight excluding hydrogens is 178 g/mol. The highest BCUT2D eigenvalue weighted by Crippen LogP contribution is 2.33. The zero-order chi connectivity index (χ0) is 10.2. The summed E-state index contributed by atoms with van der Waals surface area (Å²) in [5.74, 6) is 0.764. The monoisotopic (exact) mass is 193 g/mol. The number of rotatable bonds is 2. The van der Waals surface area contributed by atoms with E-state index in [-0.39, 0.29) is 0 Å². The number of β-amino-alcohol motifs (C(OH)–C–C–N with tert-alkyl or cyclic N) is 1. The Balaban J connectivity index is 2.43. The fourth-order valence-electron chi connectivity index (χ4n) is 1.74. The maximum atomic E-state index is 10.2. The first-order valence-electron chi connectivity index (χ1n) is 4.74. The molecule has 0 spiro atoms. The van der Waals surface area contributed by atoms with Crippen LogP contribution in [0.3, 0.4) is 0 Å². The minimum absolute atomic E-state index is 0.604. The Morgan fingerprint density at radius 2 is 2.14 bits per heavy atom. The van der Waals surface area contributed by atoms with Crippen LogP contribution in [0.4, 0.5) is 0 Å². The van der Waals surface area contributed by atoms with Gasteiger partial charge in [0.15, 0.2) is 0 Å². The van der Waals surface area contributed by atoms with Gasteiger partial charge in [-0.05, 0) is 19.1 Å². The molecule has 1 aliphatic heterocycles. The van der Waals surface area contributed by atoms with Crippen molar-refractivity contribution in [2.24, 2.45) is 0 Å². The van der Waals surface area contributed by atoms with Gasteiger partial charge in [-0.2, -0.15) is 0 Å². The van der Waals surface area contributed by atoms with E-state index in [9.17, 15) is 5.11 Å². The second kappa shape index (κ2) is 3.26. The summed E-state index contributed by atoms with van der Waals surface area (Å²) < 4.78 is 5.23. The van der Waals surface area contributed by atoms with E-state index in [0.29, 0.717) is 13.1 Å². The Morgan fingerprint density at radius 1 is 1.43 bits per heavy atom. The second-order valence-electron chi connectivity index (χ2n) is 3.84. The van der Waals surface area contributed by atoms with Crippen LogP contribution in [0.15, 0.2) is 18.2 Å². The molecule has 3 heteroatoms. The standard InChI is InChI=1S/C11H15NO2/c1-8-3-4-10(14-2)9(5-8)11(13)6-12-7-11/h3-5,12-13H,6-7H2,1-2H3. The van der Waals surface area contributed by atoms with Crippen LogP contribution in [0.5, 0.6) is 5.75 Å². The molecule has 1 aromatic rings. The maximum Gasteiger partial charge on any atom is 0.125 e. The van der Waals surface area contributed by atoms with Crippen molar-refractivity contribution in [3.8, 4) is 5.75 Å². The Bertz CT molecular complexity index is 345. The fourth-order valence-corrected chi connectivity index (χ4v) is 1.74. The van der Waals surface area contributed by atoms with E-state index in [1.165, 1.54) is 0 Å². The lowest BCUT2D eigenvalue weighted by atomic mass is 9.86. The molecule has 0 bridgehead atoms. The summed E-state index contributed by atoms with van der Waals surface area (Å²) in [6.07, 6.45) is 0. The maximum absolute atomic E-state index is 10.2. The Labute approximate surface area is 83.7 Å². The van der Waals surface area contributed by atoms with Gasteiger partial charge in [0.25, 0.3) is 0 Å². The quantitative estimate of drug-likeness (QED) is 0.729. The number of hydrogen-bond acceptors (Lipinski definition) is 3. The number of benzene rings is 1. The Morgan fingerprint density at radius 3 is 2.64 bits per heavy atom. The molecule has 76 valence electrons. The topological polar surface area (TPSA) is 41.5 Å². The average Bonchev–Trinajstić information content (AvgIpc) is 2.14. The lowest BCUT2D eigenvalue weighted by molar-refractivity contribution is -0.0165. The SMILES string of the molecule is COc1ccc(C)cc1C1(O)CNC1. The van der Waals surface area contributed by atoms with E-state index < -0.39 is 5.60 Å². The first-order valence-corrected chi connectivity index (χ1v) is 4.74. The van der Waals surface area contributed by atoms with Gasteiger partial charge in [0.05, 0.1) is 7.11 Å². The van der Waals surface area contributed by atoms with Crippen molar-refractivity contribution >= 4 is 0 Å². The third-order valence-corrected chi connectivity index (χ3v) is 2.69. The van der Waals surface area contributed by atoms with Crippen LogP contribution >= 0.6 is 0 Å². The van der Waals surface area contributed by atoms with Crippen molar-refractivity contribution in [1.29, 1.82) is 0 Å². The molecule has 0 unspecified atom stereocenters. The van der Waals surface area contributed by atoms with Crippen LogP contribution in [0.25, 0.3) is 0 Å². The van der Waals surface area contributed by atoms with E-state index in [1.807, 2.05) is 25.1 Å². The first-order chi connectivity index (χ1) is 6.65. The first kappa shape index (κ1) is 9.49. The van der Waals surface area contributed by atoms with Gasteiger partial charge in [-0.25, -0.2) is 0 Å². The zero-order valence-electron chi connectivity index (χ0n) is 8.50. The molecule has 1 heterocycles. The van der Waals surface area contributed by atoms with Crippen molar-refractivity contribution in [3.05, 3.63) is 29.3 Å². The molecule has 1 aromatic carbocycles. The highest BCUT2D eigenvalue weighted by atomic mass is 16.5.